The SMILES string of the molecule is CSNC(=O)CC1CCCCC1OC(C)C. The molecule has 1 rings (SSSR count). The van der Waals surface area contributed by atoms with E-state index < -0.39 is 0 Å². The molecule has 0 aliphatic heterocycles. The van der Waals surface area contributed by atoms with Crippen LogP contribution in [0.15, 0.2) is 0 Å². The molecule has 0 aromatic rings. The van der Waals surface area contributed by atoms with Gasteiger partial charge in [0.2, 0.25) is 5.91 Å². The Kier molecular flexibility index (Phi) is 6.21. The molecule has 0 saturated heterocycles. The van der Waals surface area contributed by atoms with Crippen LogP contribution in [0.25, 0.3) is 0 Å². The molecule has 1 fully saturated rings. The Balaban J connectivity index is 2.43. The zero-order chi connectivity index (χ0) is 12.0. The molecule has 1 aliphatic carbocycles. The zero-order valence-corrected chi connectivity index (χ0v) is 11.3. The Hall–Kier alpha value is -0.220. The Morgan fingerprint density at radius 3 is 2.75 bits per heavy atom. The number of carbonyl (C=O) groups excluding carboxylic acids is 1. The molecule has 0 aromatic carbocycles. The minimum atomic E-state index is 0.136. The van der Waals surface area contributed by atoms with Gasteiger partial charge in [0.25, 0.3) is 0 Å². The fourth-order valence-electron chi connectivity index (χ4n) is 2.33. The van der Waals surface area contributed by atoms with E-state index in [2.05, 4.69) is 18.6 Å². The van der Waals surface area contributed by atoms with E-state index in [1.54, 1.807) is 0 Å². The molecule has 0 aromatic heterocycles. The van der Waals surface area contributed by atoms with Crippen molar-refractivity contribution in [3.8, 4) is 0 Å². The van der Waals surface area contributed by atoms with Gasteiger partial charge in [0, 0.05) is 12.7 Å². The number of hydrogen-bond acceptors (Lipinski definition) is 3. The van der Waals surface area contributed by atoms with E-state index in [4.69, 9.17) is 4.74 Å². The summed E-state index contributed by atoms with van der Waals surface area (Å²) in [6.45, 7) is 4.13. The highest BCUT2D eigenvalue weighted by Crippen LogP contribution is 2.30. The van der Waals surface area contributed by atoms with Crippen molar-refractivity contribution >= 4 is 17.9 Å². The van der Waals surface area contributed by atoms with E-state index in [0.29, 0.717) is 12.3 Å². The van der Waals surface area contributed by atoms with Gasteiger partial charge >= 0.3 is 0 Å². The van der Waals surface area contributed by atoms with Gasteiger partial charge in [-0.25, -0.2) is 0 Å². The van der Waals surface area contributed by atoms with Gasteiger partial charge < -0.3 is 9.46 Å². The number of hydrogen-bond donors (Lipinski definition) is 1. The molecule has 1 aliphatic rings. The predicted octanol–water partition coefficient (Wildman–Crippen LogP) is 2.75. The van der Waals surface area contributed by atoms with Crippen molar-refractivity contribution in [1.29, 1.82) is 0 Å². The minimum absolute atomic E-state index is 0.136. The summed E-state index contributed by atoms with van der Waals surface area (Å²) in [5.74, 6) is 0.542. The standard InChI is InChI=1S/C12H23NO2S/c1-9(2)15-11-7-5-4-6-10(11)8-12(14)13-16-3/h9-11H,4-8H2,1-3H3,(H,13,14). The average molecular weight is 245 g/mol. The van der Waals surface area contributed by atoms with Gasteiger partial charge in [-0.15, -0.1) is 0 Å². The fraction of sp³-hybridized carbons (Fsp3) is 0.917. The van der Waals surface area contributed by atoms with Crippen LogP contribution in [0, 0.1) is 5.92 Å². The quantitative estimate of drug-likeness (QED) is 0.757. The fourth-order valence-corrected chi connectivity index (χ4v) is 2.64. The molecule has 0 radical (unpaired) electrons. The van der Waals surface area contributed by atoms with E-state index in [1.165, 1.54) is 24.8 Å². The van der Waals surface area contributed by atoms with E-state index in [9.17, 15) is 4.79 Å². The van der Waals surface area contributed by atoms with Gasteiger partial charge in [0.05, 0.1) is 12.2 Å². The summed E-state index contributed by atoms with van der Waals surface area (Å²) in [5, 5.41) is 0. The Labute approximate surface area is 103 Å². The molecule has 94 valence electrons. The summed E-state index contributed by atoms with van der Waals surface area (Å²) in [5.41, 5.74) is 0. The van der Waals surface area contributed by atoms with Crippen LogP contribution in [0.4, 0.5) is 0 Å². The van der Waals surface area contributed by atoms with Crippen LogP contribution in [0.1, 0.15) is 46.0 Å². The normalized spacial score (nSPS) is 25.8. The second-order valence-corrected chi connectivity index (χ2v) is 5.31. The van der Waals surface area contributed by atoms with Crippen molar-refractivity contribution in [2.45, 2.75) is 58.2 Å². The molecule has 1 amide bonds. The highest BCUT2D eigenvalue weighted by Gasteiger charge is 2.28. The minimum Gasteiger partial charge on any atom is -0.375 e. The molecule has 0 heterocycles. The number of rotatable bonds is 5. The second kappa shape index (κ2) is 7.17. The van der Waals surface area contributed by atoms with Crippen molar-refractivity contribution in [3.05, 3.63) is 0 Å². The third-order valence-corrected chi connectivity index (χ3v) is 3.38. The van der Waals surface area contributed by atoms with Gasteiger partial charge in [-0.3, -0.25) is 4.79 Å². The first-order valence-corrected chi connectivity index (χ1v) is 7.33. The lowest BCUT2D eigenvalue weighted by Crippen LogP contribution is -2.33. The van der Waals surface area contributed by atoms with Crippen molar-refractivity contribution in [2.24, 2.45) is 5.92 Å². The third-order valence-electron chi connectivity index (χ3n) is 2.95. The van der Waals surface area contributed by atoms with Crippen LogP contribution in [-0.4, -0.2) is 24.4 Å². The molecule has 0 bridgehead atoms. The van der Waals surface area contributed by atoms with Gasteiger partial charge in [-0.05, 0) is 32.6 Å². The maximum absolute atomic E-state index is 11.6. The van der Waals surface area contributed by atoms with Crippen LogP contribution in [0.5, 0.6) is 0 Å². The van der Waals surface area contributed by atoms with Gasteiger partial charge in [0.15, 0.2) is 0 Å². The maximum atomic E-state index is 11.6. The van der Waals surface area contributed by atoms with Crippen LogP contribution >= 0.6 is 11.9 Å². The topological polar surface area (TPSA) is 38.3 Å². The highest BCUT2D eigenvalue weighted by atomic mass is 32.2. The maximum Gasteiger partial charge on any atom is 0.230 e. The number of amides is 1. The first kappa shape index (κ1) is 13.8. The summed E-state index contributed by atoms with van der Waals surface area (Å²) in [6.07, 6.45) is 7.72. The monoisotopic (exact) mass is 245 g/mol. The van der Waals surface area contributed by atoms with Crippen LogP contribution in [-0.2, 0) is 9.53 Å². The average Bonchev–Trinajstić information content (AvgIpc) is 2.20. The first-order valence-electron chi connectivity index (χ1n) is 6.10. The molecular weight excluding hydrogens is 222 g/mol. The molecule has 0 spiro atoms. The Morgan fingerprint density at radius 2 is 2.12 bits per heavy atom. The van der Waals surface area contributed by atoms with Gasteiger partial charge in [0.1, 0.15) is 0 Å². The highest BCUT2D eigenvalue weighted by molar-refractivity contribution is 7.97. The first-order chi connectivity index (χ1) is 7.63. The molecule has 2 unspecified atom stereocenters. The number of ether oxygens (including phenoxy) is 1. The molecule has 1 N–H and O–H groups in total. The van der Waals surface area contributed by atoms with Crippen LogP contribution in [0.2, 0.25) is 0 Å². The van der Waals surface area contributed by atoms with Gasteiger partial charge in [-0.2, -0.15) is 0 Å². The second-order valence-electron chi connectivity index (χ2n) is 4.70. The molecule has 16 heavy (non-hydrogen) atoms. The van der Waals surface area contributed by atoms with E-state index in [1.807, 2.05) is 6.26 Å². The number of carbonyl (C=O) groups is 1. The molecule has 2 atom stereocenters. The summed E-state index contributed by atoms with van der Waals surface area (Å²) in [7, 11) is 0. The lowest BCUT2D eigenvalue weighted by atomic mass is 9.84. The third kappa shape index (κ3) is 4.74. The smallest absolute Gasteiger partial charge is 0.230 e. The number of nitrogens with one attached hydrogen (secondary N) is 1. The summed E-state index contributed by atoms with van der Waals surface area (Å²) in [6, 6.07) is 0. The van der Waals surface area contributed by atoms with Crippen molar-refractivity contribution in [3.63, 3.8) is 0 Å². The molecular formula is C12H23NO2S. The molecule has 1 saturated carbocycles. The van der Waals surface area contributed by atoms with Crippen molar-refractivity contribution in [2.75, 3.05) is 6.26 Å². The summed E-state index contributed by atoms with van der Waals surface area (Å²) < 4.78 is 8.68. The predicted molar refractivity (Wildman–Crippen MR) is 68.2 cm³/mol. The zero-order valence-electron chi connectivity index (χ0n) is 10.5. The van der Waals surface area contributed by atoms with Gasteiger partial charge in [-0.1, -0.05) is 24.8 Å². The Morgan fingerprint density at radius 1 is 1.44 bits per heavy atom. The van der Waals surface area contributed by atoms with Crippen LogP contribution < -0.4 is 4.72 Å². The molecule has 3 nitrogen and oxygen atoms in total. The van der Waals surface area contributed by atoms with E-state index in [-0.39, 0.29) is 18.1 Å². The van der Waals surface area contributed by atoms with E-state index in [0.717, 1.165) is 12.8 Å². The van der Waals surface area contributed by atoms with Crippen molar-refractivity contribution < 1.29 is 9.53 Å². The van der Waals surface area contributed by atoms with Crippen LogP contribution in [0.3, 0.4) is 0 Å². The summed E-state index contributed by atoms with van der Waals surface area (Å²) >= 11 is 1.37. The van der Waals surface area contributed by atoms with Crippen molar-refractivity contribution in [1.82, 2.24) is 4.72 Å². The lowest BCUT2D eigenvalue weighted by Gasteiger charge is -2.32. The Bertz CT molecular complexity index is 221. The van der Waals surface area contributed by atoms with E-state index >= 15 is 0 Å². The largest absolute Gasteiger partial charge is 0.375 e. The summed E-state index contributed by atoms with van der Waals surface area (Å²) in [4.78, 5) is 11.6. The lowest BCUT2D eigenvalue weighted by molar-refractivity contribution is -0.123. The molecule has 4 heteroatoms.